The fourth-order valence-electron chi connectivity index (χ4n) is 1.44. The number of carbonyl (C=O) groups excluding carboxylic acids is 1. The Kier molecular flexibility index (Phi) is 3.38. The van der Waals surface area contributed by atoms with Gasteiger partial charge in [-0.05, 0) is 18.4 Å². The van der Waals surface area contributed by atoms with E-state index in [9.17, 15) is 4.79 Å². The van der Waals surface area contributed by atoms with Crippen LogP contribution in [0.2, 0.25) is 0 Å². The maximum Gasteiger partial charge on any atom is 0.291 e. The molecule has 17 heavy (non-hydrogen) atoms. The van der Waals surface area contributed by atoms with Gasteiger partial charge in [0.1, 0.15) is 0 Å². The quantitative estimate of drug-likeness (QED) is 0.852. The minimum absolute atomic E-state index is 0.0838. The molecule has 0 saturated heterocycles. The van der Waals surface area contributed by atoms with Gasteiger partial charge in [0.05, 0.1) is 6.54 Å². The van der Waals surface area contributed by atoms with Crippen LogP contribution in [0.5, 0.6) is 0 Å². The Morgan fingerprint density at radius 1 is 1.65 bits per heavy atom. The van der Waals surface area contributed by atoms with Gasteiger partial charge in [-0.2, -0.15) is 4.98 Å². The Bertz CT molecular complexity index is 493. The second-order valence-electron chi connectivity index (χ2n) is 3.44. The second-order valence-corrected chi connectivity index (χ2v) is 4.47. The van der Waals surface area contributed by atoms with Crippen LogP contribution in [0.25, 0.3) is 0 Å². The molecule has 0 aliphatic carbocycles. The van der Waals surface area contributed by atoms with Crippen LogP contribution >= 0.6 is 11.3 Å². The molecule has 2 aromatic rings. The lowest BCUT2D eigenvalue weighted by atomic mass is 10.4. The minimum Gasteiger partial charge on any atom is -0.366 e. The number of aromatic amines is 1. The molecule has 6 nitrogen and oxygen atoms in total. The Morgan fingerprint density at radius 3 is 3.00 bits per heavy atom. The highest BCUT2D eigenvalue weighted by molar-refractivity contribution is 7.09. The van der Waals surface area contributed by atoms with Crippen molar-refractivity contribution in [1.29, 1.82) is 0 Å². The molecule has 0 bridgehead atoms. The van der Waals surface area contributed by atoms with Gasteiger partial charge in [-0.3, -0.25) is 9.89 Å². The SMILES string of the molecule is CCN(Cc1cccs1)C(=O)c1nc(N)n[nH]1. The summed E-state index contributed by atoms with van der Waals surface area (Å²) in [6.07, 6.45) is 0. The highest BCUT2D eigenvalue weighted by Crippen LogP contribution is 2.13. The van der Waals surface area contributed by atoms with Gasteiger partial charge in [0.15, 0.2) is 0 Å². The zero-order chi connectivity index (χ0) is 12.3. The summed E-state index contributed by atoms with van der Waals surface area (Å²) < 4.78 is 0. The molecule has 0 radical (unpaired) electrons. The van der Waals surface area contributed by atoms with Gasteiger partial charge in [0.2, 0.25) is 11.8 Å². The Morgan fingerprint density at radius 2 is 2.47 bits per heavy atom. The van der Waals surface area contributed by atoms with Crippen LogP contribution < -0.4 is 5.73 Å². The fraction of sp³-hybridized carbons (Fsp3) is 0.300. The fourth-order valence-corrected chi connectivity index (χ4v) is 2.16. The average molecular weight is 251 g/mol. The van der Waals surface area contributed by atoms with Crippen molar-refractivity contribution in [1.82, 2.24) is 20.1 Å². The average Bonchev–Trinajstić information content (AvgIpc) is 2.96. The molecule has 0 unspecified atom stereocenters. The van der Waals surface area contributed by atoms with Crippen LogP contribution in [-0.4, -0.2) is 32.5 Å². The number of nitrogens with two attached hydrogens (primary N) is 1. The van der Waals surface area contributed by atoms with E-state index in [1.165, 1.54) is 0 Å². The lowest BCUT2D eigenvalue weighted by Gasteiger charge is -2.18. The molecule has 0 fully saturated rings. The summed E-state index contributed by atoms with van der Waals surface area (Å²) in [4.78, 5) is 18.7. The molecule has 0 aliphatic rings. The van der Waals surface area contributed by atoms with E-state index in [1.807, 2.05) is 24.4 Å². The molecule has 2 aromatic heterocycles. The number of aromatic nitrogens is 3. The van der Waals surface area contributed by atoms with Gasteiger partial charge in [0, 0.05) is 11.4 Å². The minimum atomic E-state index is -0.190. The summed E-state index contributed by atoms with van der Waals surface area (Å²) in [7, 11) is 0. The van der Waals surface area contributed by atoms with E-state index in [2.05, 4.69) is 15.2 Å². The number of nitrogens with zero attached hydrogens (tertiary/aromatic N) is 3. The Hall–Kier alpha value is -1.89. The predicted octanol–water partition coefficient (Wildman–Crippen LogP) is 1.11. The third kappa shape index (κ3) is 2.62. The summed E-state index contributed by atoms with van der Waals surface area (Å²) in [5.74, 6) is 0.0755. The first kappa shape index (κ1) is 11.6. The van der Waals surface area contributed by atoms with Crippen molar-refractivity contribution in [3.05, 3.63) is 28.2 Å². The topological polar surface area (TPSA) is 87.9 Å². The third-order valence-corrected chi connectivity index (χ3v) is 3.16. The number of hydrogen-bond donors (Lipinski definition) is 2. The van der Waals surface area contributed by atoms with Crippen molar-refractivity contribution in [2.45, 2.75) is 13.5 Å². The predicted molar refractivity (Wildman–Crippen MR) is 65.5 cm³/mol. The normalized spacial score (nSPS) is 10.4. The van der Waals surface area contributed by atoms with Crippen molar-refractivity contribution in [3.63, 3.8) is 0 Å². The van der Waals surface area contributed by atoms with Crippen LogP contribution in [0.1, 0.15) is 22.4 Å². The van der Waals surface area contributed by atoms with Crippen LogP contribution in [0.15, 0.2) is 17.5 Å². The third-order valence-electron chi connectivity index (χ3n) is 2.30. The van der Waals surface area contributed by atoms with Crippen molar-refractivity contribution in [3.8, 4) is 0 Å². The first-order chi connectivity index (χ1) is 8.20. The first-order valence-electron chi connectivity index (χ1n) is 5.20. The Labute approximate surface area is 102 Å². The molecular formula is C10H13N5OS. The van der Waals surface area contributed by atoms with E-state index in [0.29, 0.717) is 13.1 Å². The molecule has 7 heteroatoms. The second kappa shape index (κ2) is 4.96. The molecule has 0 atom stereocenters. The molecule has 2 rings (SSSR count). The van der Waals surface area contributed by atoms with Gasteiger partial charge in [-0.25, -0.2) is 0 Å². The lowest BCUT2D eigenvalue weighted by molar-refractivity contribution is 0.0742. The zero-order valence-corrected chi connectivity index (χ0v) is 10.2. The van der Waals surface area contributed by atoms with Gasteiger partial charge >= 0.3 is 0 Å². The van der Waals surface area contributed by atoms with E-state index >= 15 is 0 Å². The first-order valence-corrected chi connectivity index (χ1v) is 6.08. The molecule has 2 heterocycles. The van der Waals surface area contributed by atoms with Crippen molar-refractivity contribution in [2.75, 3.05) is 12.3 Å². The van der Waals surface area contributed by atoms with E-state index in [-0.39, 0.29) is 17.7 Å². The zero-order valence-electron chi connectivity index (χ0n) is 9.38. The van der Waals surface area contributed by atoms with Crippen molar-refractivity contribution in [2.24, 2.45) is 0 Å². The monoisotopic (exact) mass is 251 g/mol. The number of amides is 1. The number of anilines is 1. The number of carbonyl (C=O) groups is 1. The number of H-pyrrole nitrogens is 1. The van der Waals surface area contributed by atoms with Crippen LogP contribution in [0.4, 0.5) is 5.95 Å². The van der Waals surface area contributed by atoms with E-state index in [0.717, 1.165) is 4.88 Å². The van der Waals surface area contributed by atoms with Gasteiger partial charge < -0.3 is 10.6 Å². The molecule has 1 amide bonds. The van der Waals surface area contributed by atoms with Crippen molar-refractivity contribution < 1.29 is 4.79 Å². The van der Waals surface area contributed by atoms with Gasteiger partial charge in [-0.15, -0.1) is 16.4 Å². The van der Waals surface area contributed by atoms with Gasteiger partial charge in [-0.1, -0.05) is 6.07 Å². The van der Waals surface area contributed by atoms with Crippen molar-refractivity contribution >= 4 is 23.2 Å². The summed E-state index contributed by atoms with van der Waals surface area (Å²) >= 11 is 1.62. The maximum atomic E-state index is 12.1. The summed E-state index contributed by atoms with van der Waals surface area (Å²) in [6.45, 7) is 3.11. The highest BCUT2D eigenvalue weighted by Gasteiger charge is 2.18. The van der Waals surface area contributed by atoms with Gasteiger partial charge in [0.25, 0.3) is 5.91 Å². The molecular weight excluding hydrogens is 238 g/mol. The number of hydrogen-bond acceptors (Lipinski definition) is 5. The molecule has 0 aliphatic heterocycles. The van der Waals surface area contributed by atoms with Crippen LogP contribution in [0, 0.1) is 0 Å². The summed E-state index contributed by atoms with van der Waals surface area (Å²) in [6, 6.07) is 3.96. The van der Waals surface area contributed by atoms with Crippen LogP contribution in [-0.2, 0) is 6.54 Å². The summed E-state index contributed by atoms with van der Waals surface area (Å²) in [5, 5.41) is 8.16. The largest absolute Gasteiger partial charge is 0.366 e. The summed E-state index contributed by atoms with van der Waals surface area (Å²) in [5.41, 5.74) is 5.37. The molecule has 0 aromatic carbocycles. The Balaban J connectivity index is 2.10. The number of nitrogens with one attached hydrogen (secondary N) is 1. The van der Waals surface area contributed by atoms with E-state index < -0.39 is 0 Å². The van der Waals surface area contributed by atoms with E-state index in [1.54, 1.807) is 16.2 Å². The van der Waals surface area contributed by atoms with E-state index in [4.69, 9.17) is 5.73 Å². The van der Waals surface area contributed by atoms with Crippen LogP contribution in [0.3, 0.4) is 0 Å². The molecule has 0 saturated carbocycles. The standard InChI is InChI=1S/C10H13N5OS/c1-2-15(6-7-4-3-5-17-7)9(16)8-12-10(11)14-13-8/h3-5H,2,6H2,1H3,(H3,11,12,13,14). The number of nitrogen functional groups attached to an aromatic ring is 1. The highest BCUT2D eigenvalue weighted by atomic mass is 32.1. The number of thiophene rings is 1. The number of rotatable bonds is 4. The smallest absolute Gasteiger partial charge is 0.291 e. The maximum absolute atomic E-state index is 12.1. The molecule has 90 valence electrons. The lowest BCUT2D eigenvalue weighted by Crippen LogP contribution is -2.30. The molecule has 3 N–H and O–H groups in total. The molecule has 0 spiro atoms.